The summed E-state index contributed by atoms with van der Waals surface area (Å²) >= 11 is 6.05. The standard InChI is InChI=1S/C19H22ClN3O/c1-14(24)17(23-12-11-21-13-23)19(9-4-10-22-19)18(2,3)15-5-7-16(20)8-6-15/h4-14,17,24H,1-3H3. The Labute approximate surface area is 147 Å². The van der Waals surface area contributed by atoms with Crippen LogP contribution in [0.2, 0.25) is 5.02 Å². The molecule has 0 spiro atoms. The highest BCUT2D eigenvalue weighted by atomic mass is 35.5. The summed E-state index contributed by atoms with van der Waals surface area (Å²) in [7, 11) is 0. The number of nitrogens with zero attached hydrogens (tertiary/aromatic N) is 3. The number of allylic oxidation sites excluding steroid dienone is 1. The third-order valence-electron chi connectivity index (χ3n) is 5.05. The van der Waals surface area contributed by atoms with E-state index in [1.807, 2.05) is 47.3 Å². The van der Waals surface area contributed by atoms with Crippen molar-refractivity contribution in [3.05, 3.63) is 65.7 Å². The number of aromatic nitrogens is 2. The highest BCUT2D eigenvalue weighted by molar-refractivity contribution is 6.30. The molecule has 0 fully saturated rings. The Hall–Kier alpha value is -1.91. The van der Waals surface area contributed by atoms with Gasteiger partial charge in [-0.2, -0.15) is 0 Å². The molecule has 3 atom stereocenters. The third-order valence-corrected chi connectivity index (χ3v) is 5.30. The molecule has 0 saturated carbocycles. The third kappa shape index (κ3) is 2.60. The minimum atomic E-state index is -0.629. The number of hydrogen-bond acceptors (Lipinski definition) is 3. The van der Waals surface area contributed by atoms with E-state index in [1.165, 1.54) is 0 Å². The van der Waals surface area contributed by atoms with Crippen molar-refractivity contribution in [2.75, 3.05) is 0 Å². The number of rotatable bonds is 5. The van der Waals surface area contributed by atoms with Gasteiger partial charge in [-0.15, -0.1) is 0 Å². The highest BCUT2D eigenvalue weighted by Crippen LogP contribution is 2.48. The van der Waals surface area contributed by atoms with Crippen LogP contribution in [0.25, 0.3) is 0 Å². The zero-order valence-electron chi connectivity index (χ0n) is 14.1. The van der Waals surface area contributed by atoms with Gasteiger partial charge in [-0.3, -0.25) is 4.99 Å². The summed E-state index contributed by atoms with van der Waals surface area (Å²) in [6, 6.07) is 7.56. The molecule has 0 amide bonds. The Morgan fingerprint density at radius 3 is 2.46 bits per heavy atom. The molecule has 0 radical (unpaired) electrons. The minimum absolute atomic E-state index is 0.277. The Bertz CT molecular complexity index is 733. The monoisotopic (exact) mass is 343 g/mol. The van der Waals surface area contributed by atoms with Crippen LogP contribution in [0.15, 0.2) is 60.1 Å². The Kier molecular flexibility index (Phi) is 4.37. The van der Waals surface area contributed by atoms with Crippen molar-refractivity contribution in [2.45, 2.75) is 43.9 Å². The van der Waals surface area contributed by atoms with Gasteiger partial charge in [0.15, 0.2) is 0 Å². The van der Waals surface area contributed by atoms with E-state index >= 15 is 0 Å². The first-order valence-corrected chi connectivity index (χ1v) is 8.41. The Morgan fingerprint density at radius 1 is 1.25 bits per heavy atom. The molecule has 2 heterocycles. The lowest BCUT2D eigenvalue weighted by Gasteiger charge is -2.47. The first kappa shape index (κ1) is 16.9. The number of imidazole rings is 1. The molecule has 2 aromatic rings. The largest absolute Gasteiger partial charge is 0.391 e. The molecule has 3 rings (SSSR count). The van der Waals surface area contributed by atoms with E-state index in [1.54, 1.807) is 19.4 Å². The zero-order chi connectivity index (χ0) is 17.4. The summed E-state index contributed by atoms with van der Waals surface area (Å²) in [4.78, 5) is 8.99. The predicted molar refractivity (Wildman–Crippen MR) is 97.8 cm³/mol. The van der Waals surface area contributed by atoms with Gasteiger partial charge in [-0.05, 0) is 30.7 Å². The summed E-state index contributed by atoms with van der Waals surface area (Å²) in [6.45, 7) is 6.09. The lowest BCUT2D eigenvalue weighted by Crippen LogP contribution is -2.53. The average Bonchev–Trinajstić information content (AvgIpc) is 3.20. The molecular weight excluding hydrogens is 322 g/mol. The zero-order valence-corrected chi connectivity index (χ0v) is 14.9. The Balaban J connectivity index is 2.16. The first-order chi connectivity index (χ1) is 11.4. The van der Waals surface area contributed by atoms with Crippen LogP contribution in [0.5, 0.6) is 0 Å². The van der Waals surface area contributed by atoms with Crippen molar-refractivity contribution >= 4 is 17.8 Å². The highest BCUT2D eigenvalue weighted by Gasteiger charge is 2.53. The van der Waals surface area contributed by atoms with Crippen LogP contribution in [-0.2, 0) is 5.41 Å². The maximum absolute atomic E-state index is 10.6. The molecule has 126 valence electrons. The number of aliphatic hydroxyl groups excluding tert-OH is 1. The molecule has 1 N–H and O–H groups in total. The van der Waals surface area contributed by atoms with Gasteiger partial charge >= 0.3 is 0 Å². The van der Waals surface area contributed by atoms with Crippen molar-refractivity contribution in [2.24, 2.45) is 4.99 Å². The maximum atomic E-state index is 10.6. The number of halogens is 1. The fraction of sp³-hybridized carbons (Fsp3) is 0.368. The van der Waals surface area contributed by atoms with Crippen molar-refractivity contribution in [1.82, 2.24) is 9.55 Å². The van der Waals surface area contributed by atoms with Crippen LogP contribution in [0.3, 0.4) is 0 Å². The molecule has 1 aliphatic heterocycles. The van der Waals surface area contributed by atoms with Gasteiger partial charge in [0.25, 0.3) is 0 Å². The minimum Gasteiger partial charge on any atom is -0.391 e. The SMILES string of the molecule is CC(O)C(n1ccnc1)C1(C(C)(C)c2ccc(Cl)cc2)C=CC=N1. The van der Waals surface area contributed by atoms with E-state index in [4.69, 9.17) is 16.6 Å². The van der Waals surface area contributed by atoms with Crippen molar-refractivity contribution in [1.29, 1.82) is 0 Å². The van der Waals surface area contributed by atoms with Crippen LogP contribution in [-0.4, -0.2) is 32.5 Å². The molecule has 1 aromatic carbocycles. The number of hydrogen-bond donors (Lipinski definition) is 1. The summed E-state index contributed by atoms with van der Waals surface area (Å²) in [5.74, 6) is 0. The number of aliphatic hydroxyl groups is 1. The first-order valence-electron chi connectivity index (χ1n) is 8.03. The van der Waals surface area contributed by atoms with E-state index in [0.717, 1.165) is 5.56 Å². The quantitative estimate of drug-likeness (QED) is 0.897. The van der Waals surface area contributed by atoms with Crippen LogP contribution in [0.4, 0.5) is 0 Å². The van der Waals surface area contributed by atoms with Crippen molar-refractivity contribution in [3.63, 3.8) is 0 Å². The summed E-state index contributed by atoms with van der Waals surface area (Å²) in [6.07, 6.45) is 10.6. The van der Waals surface area contributed by atoms with E-state index in [-0.39, 0.29) is 11.5 Å². The molecule has 4 nitrogen and oxygen atoms in total. The van der Waals surface area contributed by atoms with E-state index in [0.29, 0.717) is 5.02 Å². The molecule has 1 aromatic heterocycles. The summed E-state index contributed by atoms with van der Waals surface area (Å²) in [5.41, 5.74) is 0.115. The van der Waals surface area contributed by atoms with Gasteiger partial charge in [0.1, 0.15) is 5.54 Å². The summed E-state index contributed by atoms with van der Waals surface area (Å²) < 4.78 is 1.94. The normalized spacial score (nSPS) is 22.7. The van der Waals surface area contributed by atoms with Gasteiger partial charge in [0, 0.05) is 29.0 Å². The van der Waals surface area contributed by atoms with Crippen LogP contribution < -0.4 is 0 Å². The van der Waals surface area contributed by atoms with E-state index < -0.39 is 11.6 Å². The van der Waals surface area contributed by atoms with Crippen molar-refractivity contribution < 1.29 is 5.11 Å². The molecule has 0 aliphatic carbocycles. The van der Waals surface area contributed by atoms with Gasteiger partial charge in [0.2, 0.25) is 0 Å². The predicted octanol–water partition coefficient (Wildman–Crippen LogP) is 3.82. The molecule has 5 heteroatoms. The summed E-state index contributed by atoms with van der Waals surface area (Å²) in [5, 5.41) is 11.3. The second kappa shape index (κ2) is 6.19. The molecule has 24 heavy (non-hydrogen) atoms. The smallest absolute Gasteiger partial charge is 0.111 e. The maximum Gasteiger partial charge on any atom is 0.111 e. The number of aliphatic imine (C=N–C) groups is 1. The Morgan fingerprint density at radius 2 is 1.96 bits per heavy atom. The fourth-order valence-electron chi connectivity index (χ4n) is 3.69. The van der Waals surface area contributed by atoms with Gasteiger partial charge in [-0.25, -0.2) is 4.98 Å². The fourth-order valence-corrected chi connectivity index (χ4v) is 3.82. The lowest BCUT2D eigenvalue weighted by molar-refractivity contribution is 0.0702. The van der Waals surface area contributed by atoms with Gasteiger partial charge in [-0.1, -0.05) is 43.7 Å². The molecular formula is C19H22ClN3O. The van der Waals surface area contributed by atoms with Crippen LogP contribution >= 0.6 is 11.6 Å². The van der Waals surface area contributed by atoms with E-state index in [9.17, 15) is 5.11 Å². The second-order valence-corrected chi connectivity index (χ2v) is 7.23. The second-order valence-electron chi connectivity index (χ2n) is 6.79. The van der Waals surface area contributed by atoms with E-state index in [2.05, 4.69) is 24.9 Å². The van der Waals surface area contributed by atoms with Gasteiger partial charge < -0.3 is 9.67 Å². The van der Waals surface area contributed by atoms with Gasteiger partial charge in [0.05, 0.1) is 18.5 Å². The molecule has 0 bridgehead atoms. The van der Waals surface area contributed by atoms with Crippen LogP contribution in [0.1, 0.15) is 32.4 Å². The average molecular weight is 344 g/mol. The topological polar surface area (TPSA) is 50.4 Å². The van der Waals surface area contributed by atoms with Crippen LogP contribution in [0, 0.1) is 0 Å². The van der Waals surface area contributed by atoms with Crippen molar-refractivity contribution in [3.8, 4) is 0 Å². The molecule has 3 unspecified atom stereocenters. The number of benzene rings is 1. The molecule has 0 saturated heterocycles. The lowest BCUT2D eigenvalue weighted by atomic mass is 9.63. The molecule has 1 aliphatic rings.